The Hall–Kier alpha value is -3.16. The van der Waals surface area contributed by atoms with Crippen molar-refractivity contribution in [2.45, 2.75) is 12.7 Å². The topological polar surface area (TPSA) is 68.0 Å². The van der Waals surface area contributed by atoms with Crippen molar-refractivity contribution in [1.82, 2.24) is 15.5 Å². The van der Waals surface area contributed by atoms with Gasteiger partial charge in [0, 0.05) is 29.6 Å². The minimum atomic E-state index is -4.49. The number of nitrogens with one attached hydrogen (secondary N) is 1. The van der Waals surface area contributed by atoms with Crippen molar-refractivity contribution in [3.05, 3.63) is 71.7 Å². The number of amides is 1. The Morgan fingerprint density at radius 3 is 2.56 bits per heavy atom. The molecule has 1 aromatic carbocycles. The van der Waals surface area contributed by atoms with Crippen LogP contribution in [-0.4, -0.2) is 16.0 Å². The number of hydrogen-bond donors (Lipinski definition) is 1. The monoisotopic (exact) mass is 347 g/mol. The number of rotatable bonds is 4. The summed E-state index contributed by atoms with van der Waals surface area (Å²) in [5.41, 5.74) is -0.403. The number of aromatic nitrogens is 2. The molecule has 2 aromatic heterocycles. The Bertz CT molecular complexity index is 876. The van der Waals surface area contributed by atoms with Crippen LogP contribution in [0.3, 0.4) is 0 Å². The third kappa shape index (κ3) is 3.85. The molecule has 0 spiro atoms. The fraction of sp³-hybridized carbons (Fsp3) is 0.118. The normalized spacial score (nSPS) is 11.3. The van der Waals surface area contributed by atoms with Gasteiger partial charge in [0.05, 0.1) is 12.1 Å². The molecule has 0 saturated heterocycles. The van der Waals surface area contributed by atoms with Crippen LogP contribution in [0.2, 0.25) is 0 Å². The number of benzene rings is 1. The average Bonchev–Trinajstić information content (AvgIpc) is 3.08. The zero-order valence-corrected chi connectivity index (χ0v) is 12.7. The van der Waals surface area contributed by atoms with Crippen molar-refractivity contribution in [2.75, 3.05) is 0 Å². The van der Waals surface area contributed by atoms with Crippen LogP contribution in [0.5, 0.6) is 0 Å². The quantitative estimate of drug-likeness (QED) is 0.782. The minimum absolute atomic E-state index is 0.00232. The molecular weight excluding hydrogens is 335 g/mol. The number of carbonyl (C=O) groups excluding carboxylic acids is 1. The van der Waals surface area contributed by atoms with Crippen LogP contribution < -0.4 is 5.32 Å². The smallest absolute Gasteiger partial charge is 0.359 e. The molecule has 0 bridgehead atoms. The largest absolute Gasteiger partial charge is 0.417 e. The highest BCUT2D eigenvalue weighted by atomic mass is 19.4. The summed E-state index contributed by atoms with van der Waals surface area (Å²) in [5, 5.41) is 6.28. The van der Waals surface area contributed by atoms with Gasteiger partial charge in [0.15, 0.2) is 5.76 Å². The number of pyridine rings is 1. The molecule has 3 rings (SSSR count). The van der Waals surface area contributed by atoms with Crippen molar-refractivity contribution < 1.29 is 22.5 Å². The van der Waals surface area contributed by atoms with E-state index < -0.39 is 11.7 Å². The van der Waals surface area contributed by atoms with Crippen LogP contribution in [-0.2, 0) is 12.7 Å². The lowest BCUT2D eigenvalue weighted by Crippen LogP contribution is -2.22. The van der Waals surface area contributed by atoms with Gasteiger partial charge in [-0.3, -0.25) is 9.78 Å². The first-order chi connectivity index (χ1) is 11.9. The fourth-order valence-electron chi connectivity index (χ4n) is 2.25. The maximum atomic E-state index is 13.1. The summed E-state index contributed by atoms with van der Waals surface area (Å²) in [6, 6.07) is 9.56. The van der Waals surface area contributed by atoms with E-state index in [2.05, 4.69) is 15.5 Å². The maximum absolute atomic E-state index is 13.1. The highest BCUT2D eigenvalue weighted by Crippen LogP contribution is 2.36. The zero-order chi connectivity index (χ0) is 17.9. The second-order valence-electron chi connectivity index (χ2n) is 5.14. The molecule has 0 unspecified atom stereocenters. The maximum Gasteiger partial charge on any atom is 0.417 e. The third-order valence-corrected chi connectivity index (χ3v) is 3.43. The van der Waals surface area contributed by atoms with E-state index >= 15 is 0 Å². The van der Waals surface area contributed by atoms with E-state index in [0.29, 0.717) is 5.56 Å². The number of halogens is 3. The first-order valence-corrected chi connectivity index (χ1v) is 7.25. The van der Waals surface area contributed by atoms with Crippen LogP contribution in [0, 0.1) is 0 Å². The van der Waals surface area contributed by atoms with E-state index in [-0.39, 0.29) is 29.5 Å². The van der Waals surface area contributed by atoms with Crippen LogP contribution in [0.4, 0.5) is 13.2 Å². The molecule has 25 heavy (non-hydrogen) atoms. The lowest BCUT2D eigenvalue weighted by atomic mass is 10.0. The third-order valence-electron chi connectivity index (χ3n) is 3.43. The van der Waals surface area contributed by atoms with Crippen molar-refractivity contribution >= 4 is 5.91 Å². The molecule has 0 saturated carbocycles. The summed E-state index contributed by atoms with van der Waals surface area (Å²) in [4.78, 5) is 15.7. The van der Waals surface area contributed by atoms with Gasteiger partial charge in [-0.1, -0.05) is 23.4 Å². The Morgan fingerprint density at radius 2 is 1.84 bits per heavy atom. The number of hydrogen-bond acceptors (Lipinski definition) is 4. The van der Waals surface area contributed by atoms with E-state index in [1.165, 1.54) is 36.7 Å². The standard InChI is InChI=1S/C17H12F3N3O2/c18-17(19,20)14-4-2-1-3-13(14)15-9-12(25-23-15)10-22-16(24)11-5-7-21-8-6-11/h1-9H,10H2,(H,22,24). The first-order valence-electron chi connectivity index (χ1n) is 7.25. The van der Waals surface area contributed by atoms with Crippen LogP contribution in [0.25, 0.3) is 11.3 Å². The second-order valence-corrected chi connectivity index (χ2v) is 5.14. The lowest BCUT2D eigenvalue weighted by molar-refractivity contribution is -0.137. The SMILES string of the molecule is O=C(NCc1cc(-c2ccccc2C(F)(F)F)no1)c1ccncc1. The van der Waals surface area contributed by atoms with E-state index in [1.54, 1.807) is 12.1 Å². The Kier molecular flexibility index (Phi) is 4.51. The van der Waals surface area contributed by atoms with Crippen LogP contribution in [0.1, 0.15) is 21.7 Å². The van der Waals surface area contributed by atoms with Gasteiger partial charge in [-0.2, -0.15) is 13.2 Å². The summed E-state index contributed by atoms with van der Waals surface area (Å²) in [5.74, 6) is -0.106. The second kappa shape index (κ2) is 6.76. The molecule has 2 heterocycles. The van der Waals surface area contributed by atoms with Crippen molar-refractivity contribution in [3.8, 4) is 11.3 Å². The average molecular weight is 347 g/mol. The number of alkyl halides is 3. The Labute approximate surface area is 140 Å². The van der Waals surface area contributed by atoms with Gasteiger partial charge in [-0.15, -0.1) is 0 Å². The van der Waals surface area contributed by atoms with Crippen LogP contribution in [0.15, 0.2) is 59.4 Å². The Balaban J connectivity index is 1.75. The molecule has 0 aliphatic rings. The number of nitrogens with zero attached hydrogens (tertiary/aromatic N) is 2. The highest BCUT2D eigenvalue weighted by molar-refractivity contribution is 5.93. The molecule has 3 aromatic rings. The van der Waals surface area contributed by atoms with Crippen molar-refractivity contribution in [1.29, 1.82) is 0 Å². The summed E-state index contributed by atoms with van der Waals surface area (Å²) < 4.78 is 44.2. The van der Waals surface area contributed by atoms with Crippen molar-refractivity contribution in [3.63, 3.8) is 0 Å². The van der Waals surface area contributed by atoms with E-state index in [1.807, 2.05) is 0 Å². The van der Waals surface area contributed by atoms with Crippen molar-refractivity contribution in [2.24, 2.45) is 0 Å². The molecular formula is C17H12F3N3O2. The predicted octanol–water partition coefficient (Wildman–Crippen LogP) is 3.69. The highest BCUT2D eigenvalue weighted by Gasteiger charge is 2.34. The van der Waals surface area contributed by atoms with E-state index in [9.17, 15) is 18.0 Å². The molecule has 0 aliphatic carbocycles. The van der Waals surface area contributed by atoms with Gasteiger partial charge in [0.1, 0.15) is 5.69 Å². The molecule has 128 valence electrons. The van der Waals surface area contributed by atoms with Gasteiger partial charge < -0.3 is 9.84 Å². The molecule has 0 radical (unpaired) electrons. The molecule has 0 fully saturated rings. The molecule has 1 N–H and O–H groups in total. The summed E-state index contributed by atoms with van der Waals surface area (Å²) in [7, 11) is 0. The summed E-state index contributed by atoms with van der Waals surface area (Å²) in [6.45, 7) is 0.00232. The fourth-order valence-corrected chi connectivity index (χ4v) is 2.25. The first kappa shape index (κ1) is 16.7. The van der Waals surface area contributed by atoms with Gasteiger partial charge in [-0.05, 0) is 18.2 Å². The van der Waals surface area contributed by atoms with Gasteiger partial charge in [0.25, 0.3) is 5.91 Å². The molecule has 8 heteroatoms. The van der Waals surface area contributed by atoms with E-state index in [4.69, 9.17) is 4.52 Å². The van der Waals surface area contributed by atoms with Crippen LogP contribution >= 0.6 is 0 Å². The number of carbonyl (C=O) groups is 1. The zero-order valence-electron chi connectivity index (χ0n) is 12.7. The molecule has 1 amide bonds. The Morgan fingerprint density at radius 1 is 1.12 bits per heavy atom. The van der Waals surface area contributed by atoms with E-state index in [0.717, 1.165) is 6.07 Å². The lowest BCUT2D eigenvalue weighted by Gasteiger charge is -2.10. The van der Waals surface area contributed by atoms with Gasteiger partial charge in [0.2, 0.25) is 0 Å². The summed E-state index contributed by atoms with van der Waals surface area (Å²) in [6.07, 6.45) is -1.53. The molecule has 0 atom stereocenters. The van der Waals surface area contributed by atoms with Gasteiger partial charge >= 0.3 is 6.18 Å². The van der Waals surface area contributed by atoms with Gasteiger partial charge in [-0.25, -0.2) is 0 Å². The predicted molar refractivity (Wildman–Crippen MR) is 82.3 cm³/mol. The minimum Gasteiger partial charge on any atom is -0.359 e. The molecule has 0 aliphatic heterocycles. The molecule has 5 nitrogen and oxygen atoms in total. The summed E-state index contributed by atoms with van der Waals surface area (Å²) >= 11 is 0.